The minimum atomic E-state index is -0.392. The molecule has 1 aromatic carbocycles. The average molecular weight is 250 g/mol. The van der Waals surface area contributed by atoms with Crippen LogP contribution in [-0.2, 0) is 0 Å². The zero-order chi connectivity index (χ0) is 13.0. The summed E-state index contributed by atoms with van der Waals surface area (Å²) in [5.41, 5.74) is 6.21. The highest BCUT2D eigenvalue weighted by Gasteiger charge is 2.32. The summed E-state index contributed by atoms with van der Waals surface area (Å²) in [6, 6.07) is 5.73. The van der Waals surface area contributed by atoms with E-state index in [9.17, 15) is 9.18 Å². The molecule has 0 radical (unpaired) electrons. The van der Waals surface area contributed by atoms with Crippen molar-refractivity contribution in [2.45, 2.75) is 25.7 Å². The lowest BCUT2D eigenvalue weighted by molar-refractivity contribution is 0.0931. The zero-order valence-electron chi connectivity index (χ0n) is 10.4. The van der Waals surface area contributed by atoms with Crippen molar-refractivity contribution in [1.82, 2.24) is 5.32 Å². The van der Waals surface area contributed by atoms with Crippen molar-refractivity contribution < 1.29 is 9.18 Å². The van der Waals surface area contributed by atoms with E-state index in [0.717, 1.165) is 12.8 Å². The number of hydrogen-bond donors (Lipinski definition) is 2. The van der Waals surface area contributed by atoms with Crippen molar-refractivity contribution in [3.8, 4) is 0 Å². The molecule has 0 aromatic heterocycles. The maximum atomic E-state index is 13.0. The lowest BCUT2D eigenvalue weighted by Gasteiger charge is -2.27. The first-order valence-corrected chi connectivity index (χ1v) is 6.39. The molecule has 1 saturated carbocycles. The van der Waals surface area contributed by atoms with Crippen LogP contribution in [0.5, 0.6) is 0 Å². The van der Waals surface area contributed by atoms with Gasteiger partial charge in [-0.2, -0.15) is 0 Å². The highest BCUT2D eigenvalue weighted by Crippen LogP contribution is 2.36. The minimum Gasteiger partial charge on any atom is -0.351 e. The number of hydrogen-bond acceptors (Lipinski definition) is 2. The van der Waals surface area contributed by atoms with Gasteiger partial charge in [-0.3, -0.25) is 4.79 Å². The maximum absolute atomic E-state index is 13.0. The SMILES string of the molecule is NCC1(CNC(=O)c2cccc(F)c2)CCCC1. The first-order chi connectivity index (χ1) is 8.65. The number of halogens is 1. The van der Waals surface area contributed by atoms with Gasteiger partial charge in [0.25, 0.3) is 5.91 Å². The van der Waals surface area contributed by atoms with Crippen molar-refractivity contribution in [3.05, 3.63) is 35.6 Å². The van der Waals surface area contributed by atoms with Crippen LogP contribution in [0.3, 0.4) is 0 Å². The summed E-state index contributed by atoms with van der Waals surface area (Å²) in [4.78, 5) is 11.9. The summed E-state index contributed by atoms with van der Waals surface area (Å²) in [6.07, 6.45) is 4.47. The van der Waals surface area contributed by atoms with E-state index in [0.29, 0.717) is 18.7 Å². The number of nitrogens with two attached hydrogens (primary N) is 1. The molecule has 1 fully saturated rings. The van der Waals surface area contributed by atoms with Gasteiger partial charge in [0.05, 0.1) is 0 Å². The molecule has 18 heavy (non-hydrogen) atoms. The third-order valence-electron chi connectivity index (χ3n) is 3.81. The first-order valence-electron chi connectivity index (χ1n) is 6.39. The molecule has 0 bridgehead atoms. The summed E-state index contributed by atoms with van der Waals surface area (Å²) >= 11 is 0. The largest absolute Gasteiger partial charge is 0.351 e. The molecular formula is C14H19FN2O. The topological polar surface area (TPSA) is 55.1 Å². The van der Waals surface area contributed by atoms with E-state index in [1.54, 1.807) is 12.1 Å². The van der Waals surface area contributed by atoms with Crippen molar-refractivity contribution in [2.24, 2.45) is 11.1 Å². The fraction of sp³-hybridized carbons (Fsp3) is 0.500. The maximum Gasteiger partial charge on any atom is 0.251 e. The average Bonchev–Trinajstić information content (AvgIpc) is 2.85. The van der Waals surface area contributed by atoms with E-state index in [2.05, 4.69) is 5.32 Å². The molecule has 1 aromatic rings. The molecule has 1 aliphatic rings. The van der Waals surface area contributed by atoms with Crippen molar-refractivity contribution in [2.75, 3.05) is 13.1 Å². The van der Waals surface area contributed by atoms with Gasteiger partial charge in [-0.1, -0.05) is 18.9 Å². The Morgan fingerprint density at radius 1 is 1.39 bits per heavy atom. The van der Waals surface area contributed by atoms with Gasteiger partial charge >= 0.3 is 0 Å². The van der Waals surface area contributed by atoms with Gasteiger partial charge in [0, 0.05) is 12.1 Å². The van der Waals surface area contributed by atoms with E-state index in [1.165, 1.54) is 25.0 Å². The summed E-state index contributed by atoms with van der Waals surface area (Å²) in [6.45, 7) is 1.18. The Hall–Kier alpha value is -1.42. The molecule has 0 unspecified atom stereocenters. The second-order valence-corrected chi connectivity index (χ2v) is 5.10. The van der Waals surface area contributed by atoms with E-state index in [1.807, 2.05) is 0 Å². The number of amides is 1. The van der Waals surface area contributed by atoms with Gasteiger partial charge in [0.2, 0.25) is 0 Å². The molecule has 0 heterocycles. The molecule has 1 amide bonds. The number of rotatable bonds is 4. The second kappa shape index (κ2) is 5.48. The van der Waals surface area contributed by atoms with E-state index in [-0.39, 0.29) is 11.3 Å². The predicted octanol–water partition coefficient (Wildman–Crippen LogP) is 2.07. The lowest BCUT2D eigenvalue weighted by atomic mass is 9.86. The molecule has 0 aliphatic heterocycles. The van der Waals surface area contributed by atoms with Gasteiger partial charge in [0.1, 0.15) is 5.82 Å². The van der Waals surface area contributed by atoms with Crippen LogP contribution in [0.15, 0.2) is 24.3 Å². The smallest absolute Gasteiger partial charge is 0.251 e. The number of carbonyl (C=O) groups is 1. The zero-order valence-corrected chi connectivity index (χ0v) is 10.4. The molecule has 0 spiro atoms. The van der Waals surface area contributed by atoms with Crippen molar-refractivity contribution in [1.29, 1.82) is 0 Å². The van der Waals surface area contributed by atoms with Crippen molar-refractivity contribution >= 4 is 5.91 Å². The summed E-state index contributed by atoms with van der Waals surface area (Å²) in [7, 11) is 0. The van der Waals surface area contributed by atoms with Crippen LogP contribution in [-0.4, -0.2) is 19.0 Å². The highest BCUT2D eigenvalue weighted by atomic mass is 19.1. The Bertz CT molecular complexity index is 428. The molecule has 1 aliphatic carbocycles. The highest BCUT2D eigenvalue weighted by molar-refractivity contribution is 5.94. The quantitative estimate of drug-likeness (QED) is 0.859. The van der Waals surface area contributed by atoms with E-state index >= 15 is 0 Å². The van der Waals surface area contributed by atoms with Crippen LogP contribution in [0, 0.1) is 11.2 Å². The Morgan fingerprint density at radius 2 is 2.11 bits per heavy atom. The van der Waals surface area contributed by atoms with Crippen LogP contribution in [0.2, 0.25) is 0 Å². The van der Waals surface area contributed by atoms with Crippen LogP contribution in [0.4, 0.5) is 4.39 Å². The summed E-state index contributed by atoms with van der Waals surface area (Å²) < 4.78 is 13.0. The van der Waals surface area contributed by atoms with Crippen LogP contribution >= 0.6 is 0 Å². The standard InChI is InChI=1S/C14H19FN2O/c15-12-5-3-4-11(8-12)13(18)17-10-14(9-16)6-1-2-7-14/h3-5,8H,1-2,6-7,9-10,16H2,(H,17,18). The third-order valence-corrected chi connectivity index (χ3v) is 3.81. The number of nitrogens with one attached hydrogen (secondary N) is 1. The molecule has 98 valence electrons. The molecule has 3 N–H and O–H groups in total. The minimum absolute atomic E-state index is 0.0446. The third kappa shape index (κ3) is 2.88. The number of benzene rings is 1. The van der Waals surface area contributed by atoms with Crippen LogP contribution < -0.4 is 11.1 Å². The Labute approximate surface area is 107 Å². The van der Waals surface area contributed by atoms with Gasteiger partial charge < -0.3 is 11.1 Å². The summed E-state index contributed by atoms with van der Waals surface area (Å²) in [5.74, 6) is -0.619. The first kappa shape index (κ1) is 13.0. The Balaban J connectivity index is 1.96. The van der Waals surface area contributed by atoms with Gasteiger partial charge in [-0.15, -0.1) is 0 Å². The van der Waals surface area contributed by atoms with Crippen LogP contribution in [0.1, 0.15) is 36.0 Å². The second-order valence-electron chi connectivity index (χ2n) is 5.10. The fourth-order valence-electron chi connectivity index (χ4n) is 2.58. The number of carbonyl (C=O) groups excluding carboxylic acids is 1. The van der Waals surface area contributed by atoms with Gasteiger partial charge in [-0.25, -0.2) is 4.39 Å². The van der Waals surface area contributed by atoms with Gasteiger partial charge in [0.15, 0.2) is 0 Å². The summed E-state index contributed by atoms with van der Waals surface area (Å²) in [5, 5.41) is 2.87. The normalized spacial score (nSPS) is 17.7. The monoisotopic (exact) mass is 250 g/mol. The molecule has 0 atom stereocenters. The molecule has 0 saturated heterocycles. The van der Waals surface area contributed by atoms with Crippen molar-refractivity contribution in [3.63, 3.8) is 0 Å². The Kier molecular flexibility index (Phi) is 3.97. The molecule has 3 nitrogen and oxygen atoms in total. The van der Waals surface area contributed by atoms with Gasteiger partial charge in [-0.05, 0) is 43.0 Å². The molecule has 4 heteroatoms. The molecule has 2 rings (SSSR count). The Morgan fingerprint density at radius 3 is 2.72 bits per heavy atom. The fourth-order valence-corrected chi connectivity index (χ4v) is 2.58. The van der Waals surface area contributed by atoms with Crippen LogP contribution in [0.25, 0.3) is 0 Å². The van der Waals surface area contributed by atoms with E-state index in [4.69, 9.17) is 5.73 Å². The molecular weight excluding hydrogens is 231 g/mol. The van der Waals surface area contributed by atoms with E-state index < -0.39 is 5.82 Å². The predicted molar refractivity (Wildman–Crippen MR) is 68.7 cm³/mol. The lowest BCUT2D eigenvalue weighted by Crippen LogP contribution is -2.40.